The van der Waals surface area contributed by atoms with E-state index in [2.05, 4.69) is 30.2 Å². The standard InChI is InChI=1S/C14H16N2O2S/c1-8-7-11(10(3)19-8)9(2)15-13-6-4-5-12(16-13)14(17)18/h4-7,9H,1-3H3,(H,15,16)(H,17,18). The summed E-state index contributed by atoms with van der Waals surface area (Å²) in [6, 6.07) is 7.20. The second-order valence-electron chi connectivity index (χ2n) is 4.45. The summed E-state index contributed by atoms with van der Waals surface area (Å²) in [5, 5.41) is 12.2. The van der Waals surface area contributed by atoms with E-state index in [0.717, 1.165) is 0 Å². The minimum Gasteiger partial charge on any atom is -0.477 e. The molecule has 4 nitrogen and oxygen atoms in total. The van der Waals surface area contributed by atoms with Crippen LogP contribution in [0.3, 0.4) is 0 Å². The van der Waals surface area contributed by atoms with Crippen LogP contribution in [0, 0.1) is 13.8 Å². The second-order valence-corrected chi connectivity index (χ2v) is 5.91. The van der Waals surface area contributed by atoms with Crippen molar-refractivity contribution in [3.05, 3.63) is 45.3 Å². The summed E-state index contributed by atoms with van der Waals surface area (Å²) in [5.41, 5.74) is 1.28. The maximum absolute atomic E-state index is 10.9. The van der Waals surface area contributed by atoms with E-state index >= 15 is 0 Å². The highest BCUT2D eigenvalue weighted by atomic mass is 32.1. The van der Waals surface area contributed by atoms with Gasteiger partial charge < -0.3 is 10.4 Å². The third kappa shape index (κ3) is 3.12. The largest absolute Gasteiger partial charge is 0.477 e. The highest BCUT2D eigenvalue weighted by molar-refractivity contribution is 7.12. The van der Waals surface area contributed by atoms with Crippen molar-refractivity contribution in [3.8, 4) is 0 Å². The molecule has 0 fully saturated rings. The van der Waals surface area contributed by atoms with Crippen LogP contribution >= 0.6 is 11.3 Å². The first kappa shape index (κ1) is 13.5. The summed E-state index contributed by atoms with van der Waals surface area (Å²) in [6.45, 7) is 6.22. The number of nitrogens with one attached hydrogen (secondary N) is 1. The van der Waals surface area contributed by atoms with Crippen molar-refractivity contribution in [2.75, 3.05) is 5.32 Å². The molecule has 0 aliphatic heterocycles. The van der Waals surface area contributed by atoms with Crippen LogP contribution in [0.25, 0.3) is 0 Å². The fourth-order valence-corrected chi connectivity index (χ4v) is 3.04. The zero-order chi connectivity index (χ0) is 14.0. The van der Waals surface area contributed by atoms with Gasteiger partial charge in [0.15, 0.2) is 5.69 Å². The van der Waals surface area contributed by atoms with Crippen molar-refractivity contribution in [3.63, 3.8) is 0 Å². The van der Waals surface area contributed by atoms with Crippen LogP contribution in [0.2, 0.25) is 0 Å². The van der Waals surface area contributed by atoms with Gasteiger partial charge in [-0.1, -0.05) is 6.07 Å². The Hall–Kier alpha value is -1.88. The Morgan fingerprint density at radius 2 is 2.16 bits per heavy atom. The summed E-state index contributed by atoms with van der Waals surface area (Å²) in [7, 11) is 0. The molecule has 2 rings (SSSR count). The topological polar surface area (TPSA) is 62.2 Å². The zero-order valence-electron chi connectivity index (χ0n) is 11.1. The van der Waals surface area contributed by atoms with Crippen LogP contribution < -0.4 is 5.32 Å². The fourth-order valence-electron chi connectivity index (χ4n) is 2.01. The van der Waals surface area contributed by atoms with Crippen molar-refractivity contribution in [1.82, 2.24) is 4.98 Å². The summed E-state index contributed by atoms with van der Waals surface area (Å²) in [6.07, 6.45) is 0. The number of pyridine rings is 1. The lowest BCUT2D eigenvalue weighted by Crippen LogP contribution is -2.10. The maximum atomic E-state index is 10.9. The molecule has 2 aromatic heterocycles. The SMILES string of the molecule is Cc1cc(C(C)Nc2cccc(C(=O)O)n2)c(C)s1. The van der Waals surface area contributed by atoms with Crippen molar-refractivity contribution in [1.29, 1.82) is 0 Å². The molecule has 0 aliphatic carbocycles. The molecule has 1 unspecified atom stereocenters. The highest BCUT2D eigenvalue weighted by Crippen LogP contribution is 2.28. The van der Waals surface area contributed by atoms with Crippen molar-refractivity contribution in [2.24, 2.45) is 0 Å². The normalized spacial score (nSPS) is 12.2. The monoisotopic (exact) mass is 276 g/mol. The average molecular weight is 276 g/mol. The highest BCUT2D eigenvalue weighted by Gasteiger charge is 2.12. The predicted molar refractivity (Wildman–Crippen MR) is 77.0 cm³/mol. The number of nitrogens with zero attached hydrogens (tertiary/aromatic N) is 1. The molecule has 0 aliphatic rings. The molecule has 19 heavy (non-hydrogen) atoms. The summed E-state index contributed by atoms with van der Waals surface area (Å²) in [4.78, 5) is 17.5. The van der Waals surface area contributed by atoms with E-state index in [4.69, 9.17) is 5.11 Å². The molecule has 0 saturated heterocycles. The van der Waals surface area contributed by atoms with Gasteiger partial charge in [-0.25, -0.2) is 9.78 Å². The van der Waals surface area contributed by atoms with Gasteiger partial charge in [-0.3, -0.25) is 0 Å². The summed E-state index contributed by atoms with van der Waals surface area (Å²) in [5.74, 6) is -0.436. The lowest BCUT2D eigenvalue weighted by atomic mass is 10.1. The number of carbonyl (C=O) groups is 1. The van der Waals surface area contributed by atoms with Crippen LogP contribution in [0.15, 0.2) is 24.3 Å². The number of carboxylic acids is 1. The smallest absolute Gasteiger partial charge is 0.354 e. The number of rotatable bonds is 4. The Labute approximate surface area is 116 Å². The van der Waals surface area contributed by atoms with Crippen LogP contribution in [0.4, 0.5) is 5.82 Å². The maximum Gasteiger partial charge on any atom is 0.354 e. The van der Waals surface area contributed by atoms with E-state index in [0.29, 0.717) is 5.82 Å². The molecule has 0 radical (unpaired) electrons. The molecular formula is C14H16N2O2S. The van der Waals surface area contributed by atoms with Gasteiger partial charge >= 0.3 is 5.97 Å². The number of carboxylic acid groups (broad SMARTS) is 1. The van der Waals surface area contributed by atoms with E-state index in [1.807, 2.05) is 6.92 Å². The van der Waals surface area contributed by atoms with Gasteiger partial charge in [0.2, 0.25) is 0 Å². The lowest BCUT2D eigenvalue weighted by Gasteiger charge is -2.14. The quantitative estimate of drug-likeness (QED) is 0.895. The van der Waals surface area contributed by atoms with E-state index in [9.17, 15) is 4.79 Å². The van der Waals surface area contributed by atoms with Gasteiger partial charge in [-0.05, 0) is 44.5 Å². The number of aryl methyl sites for hydroxylation is 2. The molecule has 2 aromatic rings. The van der Waals surface area contributed by atoms with Gasteiger partial charge in [0.25, 0.3) is 0 Å². The van der Waals surface area contributed by atoms with Crippen LogP contribution in [-0.4, -0.2) is 16.1 Å². The number of anilines is 1. The molecule has 0 saturated carbocycles. The Bertz CT molecular complexity index is 607. The molecule has 0 amide bonds. The minimum absolute atomic E-state index is 0.0513. The Morgan fingerprint density at radius 3 is 2.74 bits per heavy atom. The average Bonchev–Trinajstić information content (AvgIpc) is 2.69. The first-order valence-electron chi connectivity index (χ1n) is 6.01. The lowest BCUT2D eigenvalue weighted by molar-refractivity contribution is 0.0690. The van der Waals surface area contributed by atoms with Gasteiger partial charge in [0.1, 0.15) is 5.82 Å². The van der Waals surface area contributed by atoms with Crippen LogP contribution in [0.1, 0.15) is 38.8 Å². The molecule has 2 N–H and O–H groups in total. The Kier molecular flexibility index (Phi) is 3.85. The fraction of sp³-hybridized carbons (Fsp3) is 0.286. The van der Waals surface area contributed by atoms with Gasteiger partial charge in [-0.2, -0.15) is 0 Å². The molecule has 0 bridgehead atoms. The molecule has 1 atom stereocenters. The number of aromatic nitrogens is 1. The Balaban J connectivity index is 2.19. The number of hydrogen-bond acceptors (Lipinski definition) is 4. The van der Waals surface area contributed by atoms with E-state index in [-0.39, 0.29) is 11.7 Å². The van der Waals surface area contributed by atoms with Crippen molar-refractivity contribution >= 4 is 23.1 Å². The van der Waals surface area contributed by atoms with E-state index in [1.54, 1.807) is 23.5 Å². The molecule has 2 heterocycles. The molecule has 0 spiro atoms. The van der Waals surface area contributed by atoms with Crippen LogP contribution in [0.5, 0.6) is 0 Å². The van der Waals surface area contributed by atoms with Crippen LogP contribution in [-0.2, 0) is 0 Å². The first-order valence-corrected chi connectivity index (χ1v) is 6.83. The second kappa shape index (κ2) is 5.40. The number of hydrogen-bond donors (Lipinski definition) is 2. The number of thiophene rings is 1. The first-order chi connectivity index (χ1) is 8.97. The van der Waals surface area contributed by atoms with E-state index < -0.39 is 5.97 Å². The van der Waals surface area contributed by atoms with Crippen molar-refractivity contribution in [2.45, 2.75) is 26.8 Å². The van der Waals surface area contributed by atoms with Crippen molar-refractivity contribution < 1.29 is 9.90 Å². The zero-order valence-corrected chi connectivity index (χ0v) is 11.9. The van der Waals surface area contributed by atoms with Gasteiger partial charge in [0.05, 0.1) is 6.04 Å². The van der Waals surface area contributed by atoms with Gasteiger partial charge in [0, 0.05) is 9.75 Å². The molecule has 0 aromatic carbocycles. The third-order valence-electron chi connectivity index (χ3n) is 2.88. The third-order valence-corrected chi connectivity index (χ3v) is 3.86. The minimum atomic E-state index is -1.01. The summed E-state index contributed by atoms with van der Waals surface area (Å²) < 4.78 is 0. The predicted octanol–water partition coefficient (Wildman–Crippen LogP) is 3.63. The molecular weight excluding hydrogens is 260 g/mol. The van der Waals surface area contributed by atoms with Gasteiger partial charge in [-0.15, -0.1) is 11.3 Å². The Morgan fingerprint density at radius 1 is 1.42 bits per heavy atom. The molecule has 100 valence electrons. The molecule has 5 heteroatoms. The summed E-state index contributed by atoms with van der Waals surface area (Å²) >= 11 is 1.76. The number of aromatic carboxylic acids is 1. The van der Waals surface area contributed by atoms with E-state index in [1.165, 1.54) is 21.4 Å².